The molecule has 0 aromatic carbocycles. The lowest BCUT2D eigenvalue weighted by Gasteiger charge is -2.37. The van der Waals surface area contributed by atoms with Crippen LogP contribution in [0.5, 0.6) is 0 Å². The lowest BCUT2D eigenvalue weighted by atomic mass is 9.82. The highest BCUT2D eigenvalue weighted by Gasteiger charge is 2.52. The van der Waals surface area contributed by atoms with Crippen molar-refractivity contribution in [2.24, 2.45) is 40.9 Å². The summed E-state index contributed by atoms with van der Waals surface area (Å²) in [6.45, 7) is 15.6. The second-order valence-corrected chi connectivity index (χ2v) is 15.3. The maximum absolute atomic E-state index is 14.5. The van der Waals surface area contributed by atoms with Gasteiger partial charge >= 0.3 is 0 Å². The van der Waals surface area contributed by atoms with Crippen LogP contribution >= 0.6 is 0 Å². The summed E-state index contributed by atoms with van der Waals surface area (Å²) in [5.74, 6) is -3.44. The van der Waals surface area contributed by atoms with Crippen molar-refractivity contribution in [3.05, 3.63) is 24.3 Å². The van der Waals surface area contributed by atoms with Crippen molar-refractivity contribution in [2.45, 2.75) is 125 Å². The fraction of sp³-hybridized carbons (Fsp3) is 0.730. The first-order chi connectivity index (χ1) is 22.1. The normalized spacial score (nSPS) is 21.9. The third-order valence-corrected chi connectivity index (χ3v) is 10.3. The lowest BCUT2D eigenvalue weighted by Crippen LogP contribution is -2.58. The molecule has 1 aromatic heterocycles. The minimum Gasteiger partial charge on any atom is -0.344 e. The van der Waals surface area contributed by atoms with Gasteiger partial charge in [0.1, 0.15) is 11.7 Å². The van der Waals surface area contributed by atoms with Crippen molar-refractivity contribution in [1.82, 2.24) is 20.2 Å². The van der Waals surface area contributed by atoms with Gasteiger partial charge in [0.2, 0.25) is 17.6 Å². The highest BCUT2D eigenvalue weighted by molar-refractivity contribution is 6.38. The number of carbonyl (C=O) groups excluding carboxylic acids is 6. The molecule has 260 valence electrons. The Bertz CT molecular complexity index is 1290. The predicted molar refractivity (Wildman–Crippen MR) is 179 cm³/mol. The molecule has 0 spiro atoms. The molecule has 10 nitrogen and oxygen atoms in total. The Labute approximate surface area is 280 Å². The topological polar surface area (TPSA) is 143 Å². The first-order valence-corrected chi connectivity index (χ1v) is 17.6. The van der Waals surface area contributed by atoms with Crippen molar-refractivity contribution in [2.75, 3.05) is 6.54 Å². The first-order valence-electron chi connectivity index (χ1n) is 17.6. The number of ketones is 4. The number of hydrogen-bond acceptors (Lipinski definition) is 8. The number of nitrogens with zero attached hydrogens (tertiary/aromatic N) is 3. The largest absolute Gasteiger partial charge is 0.344 e. The van der Waals surface area contributed by atoms with Gasteiger partial charge in [-0.3, -0.25) is 33.8 Å². The van der Waals surface area contributed by atoms with E-state index in [4.69, 9.17) is 0 Å². The third kappa shape index (κ3) is 9.63. The molecule has 10 heteroatoms. The second kappa shape index (κ2) is 16.7. The molecule has 1 N–H and O–H groups in total. The molecule has 1 aliphatic carbocycles. The van der Waals surface area contributed by atoms with Gasteiger partial charge in [0.25, 0.3) is 0 Å². The Balaban J connectivity index is 1.85. The monoisotopic (exact) mass is 652 g/mol. The lowest BCUT2D eigenvalue weighted by molar-refractivity contribution is -0.146. The number of hydrogen-bond donors (Lipinski definition) is 1. The van der Waals surface area contributed by atoms with Gasteiger partial charge in [-0.05, 0) is 48.3 Å². The third-order valence-electron chi connectivity index (χ3n) is 10.3. The molecule has 0 radical (unpaired) electrons. The molecule has 1 aliphatic heterocycles. The van der Waals surface area contributed by atoms with E-state index in [1.54, 1.807) is 4.90 Å². The fourth-order valence-electron chi connectivity index (χ4n) is 7.21. The van der Waals surface area contributed by atoms with Gasteiger partial charge < -0.3 is 10.2 Å². The van der Waals surface area contributed by atoms with Crippen molar-refractivity contribution in [3.8, 4) is 0 Å². The minimum atomic E-state index is -0.942. The van der Waals surface area contributed by atoms with Gasteiger partial charge in [-0.1, -0.05) is 74.7 Å². The average Bonchev–Trinajstić information content (AvgIpc) is 3.62. The zero-order valence-electron chi connectivity index (χ0n) is 29.7. The molecule has 1 saturated carbocycles. The Morgan fingerprint density at radius 3 is 2.26 bits per heavy atom. The zero-order valence-corrected chi connectivity index (χ0v) is 29.7. The van der Waals surface area contributed by atoms with Crippen LogP contribution in [-0.4, -0.2) is 68.4 Å². The number of amides is 2. The van der Waals surface area contributed by atoms with Gasteiger partial charge in [-0.15, -0.1) is 0 Å². The van der Waals surface area contributed by atoms with E-state index in [2.05, 4.69) is 15.3 Å². The van der Waals surface area contributed by atoms with Gasteiger partial charge in [-0.25, -0.2) is 4.98 Å². The SMILES string of the molecule is CCCC(CC(=O)[C@@H]1[C@H]2CCC[C@H]2CN1C(=O)C(NC(=O)[C@H](CC(=O)c1cnccn1)C(C)C)C(C)(C)C)C(=O)C(=O)C[C@H](C)CC. The summed E-state index contributed by atoms with van der Waals surface area (Å²) in [5.41, 5.74) is -0.516. The van der Waals surface area contributed by atoms with E-state index in [1.165, 1.54) is 18.6 Å². The molecule has 2 unspecified atom stereocenters. The minimum absolute atomic E-state index is 0.0102. The van der Waals surface area contributed by atoms with Crippen LogP contribution in [0.2, 0.25) is 0 Å². The summed E-state index contributed by atoms with van der Waals surface area (Å²) in [6, 6.07) is -1.64. The number of carbonyl (C=O) groups is 6. The zero-order chi connectivity index (χ0) is 35.1. The molecule has 3 rings (SSSR count). The highest BCUT2D eigenvalue weighted by Crippen LogP contribution is 2.44. The molecule has 2 heterocycles. The Morgan fingerprint density at radius 2 is 1.68 bits per heavy atom. The van der Waals surface area contributed by atoms with Gasteiger partial charge in [0.15, 0.2) is 17.3 Å². The van der Waals surface area contributed by atoms with E-state index in [-0.39, 0.29) is 66.1 Å². The average molecular weight is 653 g/mol. The summed E-state index contributed by atoms with van der Waals surface area (Å²) < 4.78 is 0. The number of likely N-dealkylation sites (tertiary alicyclic amines) is 1. The number of fused-ring (bicyclic) bond motifs is 1. The summed E-state index contributed by atoms with van der Waals surface area (Å²) >= 11 is 0. The van der Waals surface area contributed by atoms with Crippen molar-refractivity contribution in [3.63, 3.8) is 0 Å². The van der Waals surface area contributed by atoms with E-state index >= 15 is 0 Å². The van der Waals surface area contributed by atoms with Gasteiger partial charge in [0.05, 0.1) is 12.2 Å². The molecule has 2 fully saturated rings. The van der Waals surface area contributed by atoms with Crippen LogP contribution in [-0.2, 0) is 24.0 Å². The summed E-state index contributed by atoms with van der Waals surface area (Å²) in [5, 5.41) is 2.99. The second-order valence-electron chi connectivity index (χ2n) is 15.3. The molecular weight excluding hydrogens is 596 g/mol. The Hall–Kier alpha value is -3.30. The summed E-state index contributed by atoms with van der Waals surface area (Å²) in [7, 11) is 0. The Morgan fingerprint density at radius 1 is 0.979 bits per heavy atom. The fourth-order valence-corrected chi connectivity index (χ4v) is 7.21. The molecule has 2 amide bonds. The van der Waals surface area contributed by atoms with Crippen LogP contribution in [0.3, 0.4) is 0 Å². The van der Waals surface area contributed by atoms with Crippen LogP contribution in [0.25, 0.3) is 0 Å². The van der Waals surface area contributed by atoms with Gasteiger partial charge in [0, 0.05) is 50.0 Å². The molecule has 1 saturated heterocycles. The van der Waals surface area contributed by atoms with Crippen LogP contribution in [0.1, 0.15) is 124 Å². The standard InChI is InChI=1S/C37H56N4O6/c1-9-12-24(33(45)31(44)17-23(5)10-2)18-30(43)32-26-14-11-13-25(26)21-41(32)36(47)34(37(6,7)8)40-35(46)27(22(3)4)19-29(42)28-20-38-15-16-39-28/h15-16,20,22-27,32,34H,9-14,17-19,21H2,1-8H3,(H,40,46)/t23-,24?,25+,26+,27-,32+,34?/m1/s1. The van der Waals surface area contributed by atoms with Crippen LogP contribution in [0.15, 0.2) is 18.6 Å². The number of Topliss-reactive ketones (excluding diaryl/α,β-unsaturated/α-hetero) is 4. The van der Waals surface area contributed by atoms with E-state index in [0.29, 0.717) is 19.4 Å². The van der Waals surface area contributed by atoms with Crippen LogP contribution in [0, 0.1) is 40.9 Å². The first kappa shape index (κ1) is 38.2. The smallest absolute Gasteiger partial charge is 0.246 e. The van der Waals surface area contributed by atoms with Crippen LogP contribution < -0.4 is 5.32 Å². The molecule has 47 heavy (non-hydrogen) atoms. The number of nitrogens with one attached hydrogen (secondary N) is 1. The highest BCUT2D eigenvalue weighted by atomic mass is 16.2. The maximum Gasteiger partial charge on any atom is 0.246 e. The molecule has 2 aliphatic rings. The Kier molecular flexibility index (Phi) is 13.5. The number of aromatic nitrogens is 2. The van der Waals surface area contributed by atoms with Crippen molar-refractivity contribution < 1.29 is 28.8 Å². The van der Waals surface area contributed by atoms with E-state index in [1.807, 2.05) is 55.4 Å². The molecule has 0 bridgehead atoms. The van der Waals surface area contributed by atoms with E-state index < -0.39 is 46.8 Å². The predicted octanol–water partition coefficient (Wildman–Crippen LogP) is 5.43. The van der Waals surface area contributed by atoms with E-state index in [0.717, 1.165) is 25.7 Å². The molecular formula is C37H56N4O6. The maximum atomic E-state index is 14.5. The van der Waals surface area contributed by atoms with Crippen molar-refractivity contribution in [1.29, 1.82) is 0 Å². The van der Waals surface area contributed by atoms with Crippen molar-refractivity contribution >= 4 is 34.9 Å². The van der Waals surface area contributed by atoms with Gasteiger partial charge in [-0.2, -0.15) is 0 Å². The molecule has 7 atom stereocenters. The van der Waals surface area contributed by atoms with Crippen LogP contribution in [0.4, 0.5) is 0 Å². The summed E-state index contributed by atoms with van der Waals surface area (Å²) in [4.78, 5) is 91.2. The van der Waals surface area contributed by atoms with E-state index in [9.17, 15) is 28.8 Å². The summed E-state index contributed by atoms with van der Waals surface area (Å²) in [6.07, 6.45) is 8.91. The number of rotatable bonds is 17. The quantitative estimate of drug-likeness (QED) is 0.173. The molecule has 1 aromatic rings.